The van der Waals surface area contributed by atoms with Gasteiger partial charge >= 0.3 is 6.03 Å². The minimum Gasteiger partial charge on any atom is -0.368 e. The Labute approximate surface area is 178 Å². The zero-order valence-corrected chi connectivity index (χ0v) is 17.9. The second-order valence-electron chi connectivity index (χ2n) is 7.01. The van der Waals surface area contributed by atoms with Crippen molar-refractivity contribution >= 4 is 56.6 Å². The molecule has 12 heteroatoms. The lowest BCUT2D eigenvalue weighted by molar-refractivity contribution is -0.131. The van der Waals surface area contributed by atoms with Crippen LogP contribution in [0.3, 0.4) is 0 Å². The van der Waals surface area contributed by atoms with Crippen LogP contribution < -0.4 is 15.5 Å². The van der Waals surface area contributed by atoms with E-state index in [-0.39, 0.29) is 6.42 Å². The molecule has 2 saturated heterocycles. The molecular formula is C17H20Cl2N4O5S. The summed E-state index contributed by atoms with van der Waals surface area (Å²) in [6, 6.07) is 3.41. The number of carbonyl (C=O) groups excluding carboxylic acids is 3. The molecule has 2 atom stereocenters. The first-order valence-electron chi connectivity index (χ1n) is 8.84. The number of urea groups is 1. The van der Waals surface area contributed by atoms with E-state index >= 15 is 0 Å². The van der Waals surface area contributed by atoms with Gasteiger partial charge < -0.3 is 15.1 Å². The van der Waals surface area contributed by atoms with Gasteiger partial charge in [0.05, 0.1) is 0 Å². The van der Waals surface area contributed by atoms with E-state index in [1.807, 2.05) is 10.2 Å². The molecule has 2 aliphatic heterocycles. The third-order valence-corrected chi connectivity index (χ3v) is 6.77. The average molecular weight is 463 g/mol. The van der Waals surface area contributed by atoms with Crippen molar-refractivity contribution < 1.29 is 22.8 Å². The Kier molecular flexibility index (Phi) is 6.25. The maximum atomic E-state index is 12.9. The van der Waals surface area contributed by atoms with Gasteiger partial charge in [0, 0.05) is 54.6 Å². The number of carbonyl (C=O) groups is 3. The summed E-state index contributed by atoms with van der Waals surface area (Å²) in [5.74, 6) is -1.22. The Morgan fingerprint density at radius 1 is 1.14 bits per heavy atom. The Bertz CT molecular complexity index is 927. The number of benzene rings is 1. The van der Waals surface area contributed by atoms with Crippen molar-refractivity contribution in [3.8, 4) is 0 Å². The highest BCUT2D eigenvalue weighted by atomic mass is 35.5. The largest absolute Gasteiger partial charge is 0.368 e. The lowest BCUT2D eigenvalue weighted by Crippen LogP contribution is -2.54. The maximum Gasteiger partial charge on any atom is 0.322 e. The van der Waals surface area contributed by atoms with Crippen molar-refractivity contribution in [3.05, 3.63) is 28.2 Å². The first-order valence-corrected chi connectivity index (χ1v) is 11.6. The number of hydrogen-bond acceptors (Lipinski definition) is 6. The molecule has 2 aliphatic rings. The van der Waals surface area contributed by atoms with E-state index in [0.717, 1.165) is 11.9 Å². The van der Waals surface area contributed by atoms with Crippen LogP contribution >= 0.6 is 23.2 Å². The molecule has 2 unspecified atom stereocenters. The predicted molar refractivity (Wildman–Crippen MR) is 109 cm³/mol. The first-order chi connectivity index (χ1) is 13.5. The van der Waals surface area contributed by atoms with Crippen LogP contribution in [0.15, 0.2) is 18.2 Å². The van der Waals surface area contributed by atoms with Gasteiger partial charge in [0.25, 0.3) is 5.91 Å². The third-order valence-electron chi connectivity index (χ3n) is 4.90. The molecular weight excluding hydrogens is 443 g/mol. The highest BCUT2D eigenvalue weighted by molar-refractivity contribution is 7.92. The van der Waals surface area contributed by atoms with Crippen molar-refractivity contribution in [2.24, 2.45) is 0 Å². The normalized spacial score (nSPS) is 21.0. The van der Waals surface area contributed by atoms with Gasteiger partial charge in [0.1, 0.15) is 11.3 Å². The smallest absolute Gasteiger partial charge is 0.322 e. The minimum absolute atomic E-state index is 0.304. The topological polar surface area (TPSA) is 116 Å². The number of piperazine rings is 1. The molecule has 1 aromatic rings. The third kappa shape index (κ3) is 5.12. The van der Waals surface area contributed by atoms with Crippen molar-refractivity contribution in [3.63, 3.8) is 0 Å². The average Bonchev–Trinajstić information content (AvgIpc) is 2.94. The van der Waals surface area contributed by atoms with Crippen LogP contribution in [0.4, 0.5) is 10.5 Å². The summed E-state index contributed by atoms with van der Waals surface area (Å²) in [5.41, 5.74) is 0.819. The monoisotopic (exact) mass is 462 g/mol. The second kappa shape index (κ2) is 8.37. The molecule has 158 valence electrons. The fourth-order valence-electron chi connectivity index (χ4n) is 3.41. The SMILES string of the molecule is CS(=O)(=O)C(CC1NC(=O)NC1=O)C(=O)N1CCN(c2cc(Cl)cc(Cl)c2)CC1. The molecule has 0 bridgehead atoms. The molecule has 1 aromatic carbocycles. The summed E-state index contributed by atoms with van der Waals surface area (Å²) < 4.78 is 24.4. The molecule has 9 nitrogen and oxygen atoms in total. The quantitative estimate of drug-likeness (QED) is 0.620. The fourth-order valence-corrected chi connectivity index (χ4v) is 4.98. The zero-order valence-electron chi connectivity index (χ0n) is 15.5. The number of imide groups is 1. The number of nitrogens with zero attached hydrogens (tertiary/aromatic N) is 2. The van der Waals surface area contributed by atoms with Gasteiger partial charge in [-0.05, 0) is 18.2 Å². The Hall–Kier alpha value is -2.04. The van der Waals surface area contributed by atoms with Crippen LogP contribution in [-0.4, -0.2) is 74.9 Å². The number of sulfone groups is 1. The molecule has 2 heterocycles. The van der Waals surface area contributed by atoms with E-state index in [4.69, 9.17) is 23.2 Å². The summed E-state index contributed by atoms with van der Waals surface area (Å²) in [7, 11) is -3.79. The highest BCUT2D eigenvalue weighted by Gasteiger charge is 2.40. The van der Waals surface area contributed by atoms with Gasteiger partial charge in [-0.2, -0.15) is 0 Å². The Balaban J connectivity index is 1.68. The second-order valence-corrected chi connectivity index (χ2v) is 10.1. The van der Waals surface area contributed by atoms with E-state index in [2.05, 4.69) is 5.32 Å². The van der Waals surface area contributed by atoms with Crippen LogP contribution in [0.2, 0.25) is 10.0 Å². The van der Waals surface area contributed by atoms with E-state index in [9.17, 15) is 22.8 Å². The molecule has 0 radical (unpaired) electrons. The molecule has 2 N–H and O–H groups in total. The van der Waals surface area contributed by atoms with E-state index in [0.29, 0.717) is 36.2 Å². The molecule has 3 rings (SSSR count). The van der Waals surface area contributed by atoms with E-state index < -0.39 is 39.0 Å². The Morgan fingerprint density at radius 2 is 1.72 bits per heavy atom. The van der Waals surface area contributed by atoms with Crippen molar-refractivity contribution in [1.29, 1.82) is 0 Å². The summed E-state index contributed by atoms with van der Waals surface area (Å²) in [5, 5.41) is 3.96. The van der Waals surface area contributed by atoms with Crippen molar-refractivity contribution in [2.75, 3.05) is 37.3 Å². The van der Waals surface area contributed by atoms with Crippen LogP contribution in [0.1, 0.15) is 6.42 Å². The molecule has 0 spiro atoms. The van der Waals surface area contributed by atoms with Gasteiger partial charge in [0.2, 0.25) is 5.91 Å². The predicted octanol–water partition coefficient (Wildman–Crippen LogP) is 0.653. The maximum absolute atomic E-state index is 12.9. The lowest BCUT2D eigenvalue weighted by Gasteiger charge is -2.37. The molecule has 2 fully saturated rings. The first kappa shape index (κ1) is 21.7. The van der Waals surface area contributed by atoms with Crippen LogP contribution in [-0.2, 0) is 19.4 Å². The highest BCUT2D eigenvalue weighted by Crippen LogP contribution is 2.26. The summed E-state index contributed by atoms with van der Waals surface area (Å²) in [6.07, 6.45) is 0.647. The number of rotatable bonds is 5. The zero-order chi connectivity index (χ0) is 21.3. The summed E-state index contributed by atoms with van der Waals surface area (Å²) >= 11 is 12.1. The molecule has 0 aliphatic carbocycles. The number of anilines is 1. The minimum atomic E-state index is -3.79. The van der Waals surface area contributed by atoms with Crippen molar-refractivity contribution in [1.82, 2.24) is 15.5 Å². The number of amides is 4. The van der Waals surface area contributed by atoms with E-state index in [1.165, 1.54) is 4.90 Å². The number of nitrogens with one attached hydrogen (secondary N) is 2. The summed E-state index contributed by atoms with van der Waals surface area (Å²) in [4.78, 5) is 39.4. The summed E-state index contributed by atoms with van der Waals surface area (Å²) in [6.45, 7) is 1.55. The molecule has 0 saturated carbocycles. The number of hydrogen-bond donors (Lipinski definition) is 2. The molecule has 4 amide bonds. The Morgan fingerprint density at radius 3 is 2.21 bits per heavy atom. The van der Waals surface area contributed by atoms with Crippen LogP contribution in [0.25, 0.3) is 0 Å². The van der Waals surface area contributed by atoms with Gasteiger partial charge in [-0.25, -0.2) is 13.2 Å². The molecule has 29 heavy (non-hydrogen) atoms. The van der Waals surface area contributed by atoms with Gasteiger partial charge in [0.15, 0.2) is 9.84 Å². The standard InChI is InChI=1S/C17H20Cl2N4O5S/c1-29(27,28)14(9-13-15(24)21-17(26)20-13)16(25)23-4-2-22(3-5-23)12-7-10(18)6-11(19)8-12/h6-8,13-14H,2-5,9H2,1H3,(H2,20,21,24,26). The van der Waals surface area contributed by atoms with Crippen LogP contribution in [0, 0.1) is 0 Å². The lowest BCUT2D eigenvalue weighted by atomic mass is 10.1. The molecule has 0 aromatic heterocycles. The van der Waals surface area contributed by atoms with Gasteiger partial charge in [-0.15, -0.1) is 0 Å². The van der Waals surface area contributed by atoms with Crippen molar-refractivity contribution in [2.45, 2.75) is 17.7 Å². The van der Waals surface area contributed by atoms with Gasteiger partial charge in [-0.1, -0.05) is 23.2 Å². The van der Waals surface area contributed by atoms with Crippen LogP contribution in [0.5, 0.6) is 0 Å². The fraction of sp³-hybridized carbons (Fsp3) is 0.471. The number of halogens is 2. The van der Waals surface area contributed by atoms with Gasteiger partial charge in [-0.3, -0.25) is 14.9 Å². The van der Waals surface area contributed by atoms with E-state index in [1.54, 1.807) is 18.2 Å².